The van der Waals surface area contributed by atoms with Gasteiger partial charge in [-0.05, 0) is 63.6 Å². The Labute approximate surface area is 167 Å². The van der Waals surface area contributed by atoms with Crippen molar-refractivity contribution in [3.8, 4) is 0 Å². The minimum absolute atomic E-state index is 0.00254. The summed E-state index contributed by atoms with van der Waals surface area (Å²) in [6, 6.07) is 13.9. The second-order valence-electron chi connectivity index (χ2n) is 7.40. The highest BCUT2D eigenvalue weighted by atomic mass is 16.2. The molecule has 0 spiro atoms. The highest BCUT2D eigenvalue weighted by Gasteiger charge is 2.35. The summed E-state index contributed by atoms with van der Waals surface area (Å²) in [6.07, 6.45) is 0.245. The van der Waals surface area contributed by atoms with Crippen molar-refractivity contribution < 1.29 is 9.59 Å². The molecule has 1 saturated heterocycles. The van der Waals surface area contributed by atoms with E-state index in [0.717, 1.165) is 41.3 Å². The molecule has 1 fully saturated rings. The second kappa shape index (κ2) is 8.46. The van der Waals surface area contributed by atoms with Crippen LogP contribution in [0.3, 0.4) is 0 Å². The molecule has 2 aromatic rings. The van der Waals surface area contributed by atoms with Crippen LogP contribution < -0.4 is 15.1 Å². The zero-order valence-electron chi connectivity index (χ0n) is 17.2. The molecule has 2 amide bonds. The van der Waals surface area contributed by atoms with E-state index in [9.17, 15) is 9.59 Å². The third kappa shape index (κ3) is 4.19. The number of carbonyl (C=O) groups excluding carboxylic acids is 2. The zero-order chi connectivity index (χ0) is 20.3. The predicted octanol–water partition coefficient (Wildman–Crippen LogP) is 4.14. The number of anilines is 3. The summed E-state index contributed by atoms with van der Waals surface area (Å²) in [5.74, 6) is -0.435. The molecule has 2 aromatic carbocycles. The van der Waals surface area contributed by atoms with Gasteiger partial charge in [0.05, 0.1) is 5.92 Å². The molecule has 1 unspecified atom stereocenters. The lowest BCUT2D eigenvalue weighted by molar-refractivity contribution is -0.122. The molecule has 0 aliphatic carbocycles. The zero-order valence-corrected chi connectivity index (χ0v) is 17.2. The minimum Gasteiger partial charge on any atom is -0.372 e. The second-order valence-corrected chi connectivity index (χ2v) is 7.40. The predicted molar refractivity (Wildman–Crippen MR) is 115 cm³/mol. The van der Waals surface area contributed by atoms with Gasteiger partial charge in [0.25, 0.3) is 0 Å². The normalized spacial score (nSPS) is 16.4. The Morgan fingerprint density at radius 1 is 1.11 bits per heavy atom. The minimum atomic E-state index is -0.337. The number of aryl methyl sites for hydroxylation is 2. The topological polar surface area (TPSA) is 52.6 Å². The van der Waals surface area contributed by atoms with Crippen LogP contribution in [0.25, 0.3) is 0 Å². The molecule has 148 valence electrons. The summed E-state index contributed by atoms with van der Waals surface area (Å²) < 4.78 is 0. The Morgan fingerprint density at radius 3 is 2.39 bits per heavy atom. The third-order valence-corrected chi connectivity index (χ3v) is 5.41. The molecule has 5 heteroatoms. The van der Waals surface area contributed by atoms with Crippen LogP contribution >= 0.6 is 0 Å². The van der Waals surface area contributed by atoms with E-state index in [-0.39, 0.29) is 24.2 Å². The van der Waals surface area contributed by atoms with E-state index in [1.165, 1.54) is 0 Å². The fourth-order valence-electron chi connectivity index (χ4n) is 3.73. The van der Waals surface area contributed by atoms with E-state index >= 15 is 0 Å². The molecule has 1 atom stereocenters. The first-order valence-corrected chi connectivity index (χ1v) is 9.96. The van der Waals surface area contributed by atoms with Crippen molar-refractivity contribution in [3.63, 3.8) is 0 Å². The molecular formula is C23H29N3O2. The van der Waals surface area contributed by atoms with Crippen LogP contribution in [0.5, 0.6) is 0 Å². The molecule has 3 rings (SSSR count). The van der Waals surface area contributed by atoms with E-state index in [2.05, 4.69) is 36.2 Å². The van der Waals surface area contributed by atoms with Gasteiger partial charge in [0.15, 0.2) is 0 Å². The van der Waals surface area contributed by atoms with Crippen molar-refractivity contribution >= 4 is 28.9 Å². The van der Waals surface area contributed by atoms with Gasteiger partial charge in [0, 0.05) is 43.1 Å². The largest absolute Gasteiger partial charge is 0.372 e. The number of hydrogen-bond acceptors (Lipinski definition) is 3. The molecule has 1 aliphatic rings. The van der Waals surface area contributed by atoms with E-state index in [1.54, 1.807) is 4.90 Å². The van der Waals surface area contributed by atoms with Crippen molar-refractivity contribution in [2.45, 2.75) is 34.1 Å². The van der Waals surface area contributed by atoms with Gasteiger partial charge in [0.1, 0.15) is 0 Å². The summed E-state index contributed by atoms with van der Waals surface area (Å²) in [5.41, 5.74) is 5.01. The first-order valence-electron chi connectivity index (χ1n) is 9.96. The standard InChI is InChI=1S/C23H29N3O2/c1-5-25(6-2)20-11-12-21(17(4)13-20)26-15-18(14-22(26)27)23(28)24-19-9-7-16(3)8-10-19/h7-13,18H,5-6,14-15H2,1-4H3,(H,24,28). The summed E-state index contributed by atoms with van der Waals surface area (Å²) in [5, 5.41) is 2.93. The Balaban J connectivity index is 1.72. The SMILES string of the molecule is CCN(CC)c1ccc(N2CC(C(=O)Nc3ccc(C)cc3)CC2=O)c(C)c1. The molecule has 0 bridgehead atoms. The summed E-state index contributed by atoms with van der Waals surface area (Å²) in [6.45, 7) is 10.6. The van der Waals surface area contributed by atoms with Crippen molar-refractivity contribution in [2.75, 3.05) is 34.8 Å². The van der Waals surface area contributed by atoms with Gasteiger partial charge in [-0.2, -0.15) is 0 Å². The smallest absolute Gasteiger partial charge is 0.229 e. The van der Waals surface area contributed by atoms with Gasteiger partial charge in [0.2, 0.25) is 11.8 Å². The number of rotatable bonds is 6. The maximum absolute atomic E-state index is 12.6. The van der Waals surface area contributed by atoms with Gasteiger partial charge < -0.3 is 15.1 Å². The number of hydrogen-bond donors (Lipinski definition) is 1. The summed E-state index contributed by atoms with van der Waals surface area (Å²) in [4.78, 5) is 29.3. The summed E-state index contributed by atoms with van der Waals surface area (Å²) >= 11 is 0. The van der Waals surface area contributed by atoms with Crippen molar-refractivity contribution in [1.82, 2.24) is 0 Å². The number of carbonyl (C=O) groups is 2. The molecule has 28 heavy (non-hydrogen) atoms. The lowest BCUT2D eigenvalue weighted by atomic mass is 10.1. The Bertz CT molecular complexity index is 857. The van der Waals surface area contributed by atoms with E-state index < -0.39 is 0 Å². The Morgan fingerprint density at radius 2 is 1.79 bits per heavy atom. The van der Waals surface area contributed by atoms with Gasteiger partial charge >= 0.3 is 0 Å². The van der Waals surface area contributed by atoms with Crippen LogP contribution in [0, 0.1) is 19.8 Å². The van der Waals surface area contributed by atoms with Crippen LogP contribution in [0.4, 0.5) is 17.1 Å². The van der Waals surface area contributed by atoms with Crippen LogP contribution in [0.15, 0.2) is 42.5 Å². The molecular weight excluding hydrogens is 350 g/mol. The lowest BCUT2D eigenvalue weighted by Crippen LogP contribution is -2.29. The maximum atomic E-state index is 12.6. The molecule has 0 aromatic heterocycles. The van der Waals surface area contributed by atoms with Crippen LogP contribution in [-0.2, 0) is 9.59 Å². The van der Waals surface area contributed by atoms with Crippen LogP contribution in [0.1, 0.15) is 31.4 Å². The van der Waals surface area contributed by atoms with E-state index in [1.807, 2.05) is 44.2 Å². The fraction of sp³-hybridized carbons (Fsp3) is 0.391. The highest BCUT2D eigenvalue weighted by molar-refractivity contribution is 6.04. The van der Waals surface area contributed by atoms with Gasteiger partial charge in [-0.3, -0.25) is 9.59 Å². The first-order chi connectivity index (χ1) is 13.4. The van der Waals surface area contributed by atoms with Gasteiger partial charge in [-0.25, -0.2) is 0 Å². The maximum Gasteiger partial charge on any atom is 0.229 e. The quantitative estimate of drug-likeness (QED) is 0.821. The average molecular weight is 380 g/mol. The number of amides is 2. The molecule has 1 heterocycles. The van der Waals surface area contributed by atoms with Crippen molar-refractivity contribution in [1.29, 1.82) is 0 Å². The molecule has 0 saturated carbocycles. The number of nitrogens with one attached hydrogen (secondary N) is 1. The van der Waals surface area contributed by atoms with Gasteiger partial charge in [-0.15, -0.1) is 0 Å². The van der Waals surface area contributed by atoms with Crippen LogP contribution in [-0.4, -0.2) is 31.4 Å². The third-order valence-electron chi connectivity index (χ3n) is 5.41. The van der Waals surface area contributed by atoms with E-state index in [0.29, 0.717) is 6.54 Å². The van der Waals surface area contributed by atoms with Gasteiger partial charge in [-0.1, -0.05) is 17.7 Å². The molecule has 5 nitrogen and oxygen atoms in total. The molecule has 1 aliphatic heterocycles. The first kappa shape index (κ1) is 19.9. The number of nitrogens with zero attached hydrogens (tertiary/aromatic N) is 2. The molecule has 1 N–H and O–H groups in total. The fourth-order valence-corrected chi connectivity index (χ4v) is 3.73. The lowest BCUT2D eigenvalue weighted by Gasteiger charge is -2.24. The van der Waals surface area contributed by atoms with E-state index in [4.69, 9.17) is 0 Å². The average Bonchev–Trinajstić information content (AvgIpc) is 3.06. The van der Waals surface area contributed by atoms with Crippen molar-refractivity contribution in [3.05, 3.63) is 53.6 Å². The summed E-state index contributed by atoms with van der Waals surface area (Å²) in [7, 11) is 0. The highest BCUT2D eigenvalue weighted by Crippen LogP contribution is 2.31. The van der Waals surface area contributed by atoms with Crippen LogP contribution in [0.2, 0.25) is 0 Å². The Kier molecular flexibility index (Phi) is 6.02. The molecule has 0 radical (unpaired) electrons. The monoisotopic (exact) mass is 379 g/mol. The number of benzene rings is 2. The van der Waals surface area contributed by atoms with Crippen molar-refractivity contribution in [2.24, 2.45) is 5.92 Å². The Hall–Kier alpha value is -2.82.